The number of hydrogen-bond donors (Lipinski definition) is 1. The van der Waals surface area contributed by atoms with Crippen LogP contribution >= 0.6 is 0 Å². The van der Waals surface area contributed by atoms with Gasteiger partial charge in [0.05, 0.1) is 6.61 Å². The molecule has 5 heteroatoms. The molecule has 1 aromatic rings. The quantitative estimate of drug-likeness (QED) is 0.771. The summed E-state index contributed by atoms with van der Waals surface area (Å²) in [5, 5.41) is 3.02. The van der Waals surface area contributed by atoms with Crippen molar-refractivity contribution < 1.29 is 4.74 Å². The van der Waals surface area contributed by atoms with Gasteiger partial charge in [-0.25, -0.2) is 0 Å². The Morgan fingerprint density at radius 2 is 2.00 bits per heavy atom. The van der Waals surface area contributed by atoms with Crippen LogP contribution in [0.3, 0.4) is 0 Å². The van der Waals surface area contributed by atoms with E-state index in [9.17, 15) is 0 Å². The van der Waals surface area contributed by atoms with Crippen molar-refractivity contribution in [3.05, 3.63) is 5.82 Å². The molecule has 0 aromatic carbocycles. The smallest absolute Gasteiger partial charge is 0.321 e. The number of hydrogen-bond acceptors (Lipinski definition) is 5. The van der Waals surface area contributed by atoms with Gasteiger partial charge in [-0.3, -0.25) is 0 Å². The number of ether oxygens (including phenoxy) is 1. The van der Waals surface area contributed by atoms with Crippen LogP contribution in [0.5, 0.6) is 6.01 Å². The zero-order valence-corrected chi connectivity index (χ0v) is 8.87. The number of anilines is 1. The highest BCUT2D eigenvalue weighted by atomic mass is 16.5. The third-order valence-electron chi connectivity index (χ3n) is 1.50. The van der Waals surface area contributed by atoms with E-state index >= 15 is 0 Å². The minimum Gasteiger partial charge on any atom is -0.463 e. The first kappa shape index (κ1) is 10.7. The lowest BCUT2D eigenvalue weighted by Gasteiger charge is -2.05. The first-order valence-corrected chi connectivity index (χ1v) is 4.85. The summed E-state index contributed by atoms with van der Waals surface area (Å²) in [4.78, 5) is 12.3. The molecule has 0 bridgehead atoms. The second kappa shape index (κ2) is 5.36. The van der Waals surface area contributed by atoms with Crippen LogP contribution in [0.25, 0.3) is 0 Å². The highest BCUT2D eigenvalue weighted by molar-refractivity contribution is 5.25. The van der Waals surface area contributed by atoms with Gasteiger partial charge < -0.3 is 10.1 Å². The topological polar surface area (TPSA) is 59.9 Å². The molecule has 78 valence electrons. The average Bonchev–Trinajstić information content (AvgIpc) is 2.14. The molecule has 0 saturated heterocycles. The Morgan fingerprint density at radius 3 is 2.64 bits per heavy atom. The Bertz CT molecular complexity index is 290. The fourth-order valence-electron chi connectivity index (χ4n) is 0.952. The minimum absolute atomic E-state index is 0.398. The van der Waals surface area contributed by atoms with E-state index in [1.807, 2.05) is 20.8 Å². The van der Waals surface area contributed by atoms with Crippen LogP contribution in [-0.4, -0.2) is 28.1 Å². The predicted molar refractivity (Wildman–Crippen MR) is 54.5 cm³/mol. The molecular weight excluding hydrogens is 180 g/mol. The molecule has 0 amide bonds. The third kappa shape index (κ3) is 3.16. The van der Waals surface area contributed by atoms with Crippen molar-refractivity contribution in [3.8, 4) is 6.01 Å². The van der Waals surface area contributed by atoms with Crippen LogP contribution < -0.4 is 10.1 Å². The highest BCUT2D eigenvalue weighted by Crippen LogP contribution is 2.06. The fraction of sp³-hybridized carbons (Fsp3) is 0.667. The van der Waals surface area contributed by atoms with Crippen molar-refractivity contribution in [2.45, 2.75) is 27.2 Å². The van der Waals surface area contributed by atoms with Crippen molar-refractivity contribution in [2.24, 2.45) is 0 Å². The molecule has 1 rings (SSSR count). The molecule has 0 unspecified atom stereocenters. The summed E-state index contributed by atoms with van der Waals surface area (Å²) >= 11 is 0. The molecule has 14 heavy (non-hydrogen) atoms. The van der Waals surface area contributed by atoms with Crippen LogP contribution in [0.1, 0.15) is 26.1 Å². The second-order valence-corrected chi connectivity index (χ2v) is 2.87. The van der Waals surface area contributed by atoms with Gasteiger partial charge in [0.1, 0.15) is 5.82 Å². The van der Waals surface area contributed by atoms with E-state index in [2.05, 4.69) is 20.3 Å². The standard InChI is InChI=1S/C9H16N4O/c1-4-6-14-9-12-7(3)11-8(13-9)10-5-2/h4-6H2,1-3H3,(H,10,11,12,13). The zero-order valence-electron chi connectivity index (χ0n) is 8.87. The molecule has 0 saturated carbocycles. The third-order valence-corrected chi connectivity index (χ3v) is 1.50. The van der Waals surface area contributed by atoms with Crippen molar-refractivity contribution in [2.75, 3.05) is 18.5 Å². The van der Waals surface area contributed by atoms with Gasteiger partial charge >= 0.3 is 6.01 Å². The molecule has 0 radical (unpaired) electrons. The Hall–Kier alpha value is -1.39. The molecule has 1 aromatic heterocycles. The number of rotatable bonds is 5. The Balaban J connectivity index is 2.73. The summed E-state index contributed by atoms with van der Waals surface area (Å²) in [6.45, 7) is 7.28. The predicted octanol–water partition coefficient (Wildman–Crippen LogP) is 1.40. The van der Waals surface area contributed by atoms with Crippen molar-refractivity contribution >= 4 is 5.95 Å². The molecule has 0 aliphatic heterocycles. The summed E-state index contributed by atoms with van der Waals surface area (Å²) < 4.78 is 5.32. The lowest BCUT2D eigenvalue weighted by molar-refractivity contribution is 0.291. The first-order chi connectivity index (χ1) is 6.76. The van der Waals surface area contributed by atoms with E-state index in [1.165, 1.54) is 0 Å². The van der Waals surface area contributed by atoms with E-state index in [1.54, 1.807) is 0 Å². The highest BCUT2D eigenvalue weighted by Gasteiger charge is 2.02. The van der Waals surface area contributed by atoms with Gasteiger partial charge in [0.2, 0.25) is 5.95 Å². The molecule has 1 heterocycles. The van der Waals surface area contributed by atoms with Crippen LogP contribution in [0.4, 0.5) is 5.95 Å². The molecule has 0 aliphatic carbocycles. The number of nitrogens with one attached hydrogen (secondary N) is 1. The van der Waals surface area contributed by atoms with Gasteiger partial charge in [0, 0.05) is 6.54 Å². The average molecular weight is 196 g/mol. The van der Waals surface area contributed by atoms with Gasteiger partial charge in [0.25, 0.3) is 0 Å². The van der Waals surface area contributed by atoms with Crippen LogP contribution in [0.15, 0.2) is 0 Å². The minimum atomic E-state index is 0.398. The van der Waals surface area contributed by atoms with Crippen LogP contribution in [-0.2, 0) is 0 Å². The summed E-state index contributed by atoms with van der Waals surface area (Å²) in [6, 6.07) is 0.398. The monoisotopic (exact) mass is 196 g/mol. The lowest BCUT2D eigenvalue weighted by atomic mass is 10.5. The van der Waals surface area contributed by atoms with Crippen molar-refractivity contribution in [1.29, 1.82) is 0 Å². The molecule has 0 atom stereocenters. The maximum Gasteiger partial charge on any atom is 0.321 e. The SMILES string of the molecule is CCCOc1nc(C)nc(NCC)n1. The number of aromatic nitrogens is 3. The maximum atomic E-state index is 5.32. The lowest BCUT2D eigenvalue weighted by Crippen LogP contribution is -2.08. The summed E-state index contributed by atoms with van der Waals surface area (Å²) in [5.41, 5.74) is 0. The van der Waals surface area contributed by atoms with Crippen molar-refractivity contribution in [1.82, 2.24) is 15.0 Å². The molecule has 0 spiro atoms. The van der Waals surface area contributed by atoms with E-state index in [0.717, 1.165) is 13.0 Å². The van der Waals surface area contributed by atoms with E-state index in [-0.39, 0.29) is 0 Å². The van der Waals surface area contributed by atoms with E-state index < -0.39 is 0 Å². The molecule has 0 aliphatic rings. The van der Waals surface area contributed by atoms with Crippen LogP contribution in [0.2, 0.25) is 0 Å². The number of aryl methyl sites for hydroxylation is 1. The summed E-state index contributed by atoms with van der Waals surface area (Å²) in [5.74, 6) is 1.24. The Labute approximate surface area is 83.9 Å². The first-order valence-electron chi connectivity index (χ1n) is 4.85. The second-order valence-electron chi connectivity index (χ2n) is 2.87. The molecule has 5 nitrogen and oxygen atoms in total. The van der Waals surface area contributed by atoms with Gasteiger partial charge in [-0.1, -0.05) is 6.92 Å². The molecule has 0 fully saturated rings. The molecule has 1 N–H and O–H groups in total. The Morgan fingerprint density at radius 1 is 1.21 bits per heavy atom. The summed E-state index contributed by atoms with van der Waals surface area (Å²) in [7, 11) is 0. The largest absolute Gasteiger partial charge is 0.463 e. The van der Waals surface area contributed by atoms with Gasteiger partial charge in [0.15, 0.2) is 0 Å². The summed E-state index contributed by atoms with van der Waals surface area (Å²) in [6.07, 6.45) is 0.946. The van der Waals surface area contributed by atoms with E-state index in [0.29, 0.717) is 24.4 Å². The van der Waals surface area contributed by atoms with Gasteiger partial charge in [-0.15, -0.1) is 0 Å². The van der Waals surface area contributed by atoms with E-state index in [4.69, 9.17) is 4.74 Å². The van der Waals surface area contributed by atoms with Crippen molar-refractivity contribution in [3.63, 3.8) is 0 Å². The maximum absolute atomic E-state index is 5.32. The zero-order chi connectivity index (χ0) is 10.4. The van der Waals surface area contributed by atoms with Crippen LogP contribution in [0, 0.1) is 6.92 Å². The Kier molecular flexibility index (Phi) is 4.10. The molecular formula is C9H16N4O. The van der Waals surface area contributed by atoms with Gasteiger partial charge in [-0.2, -0.15) is 15.0 Å². The normalized spacial score (nSPS) is 9.93. The fourth-order valence-corrected chi connectivity index (χ4v) is 0.952. The van der Waals surface area contributed by atoms with Gasteiger partial charge in [-0.05, 0) is 20.3 Å². The number of nitrogens with zero attached hydrogens (tertiary/aromatic N) is 3.